The molecule has 1 aliphatic heterocycles. The minimum atomic E-state index is -4.60. The highest BCUT2D eigenvalue weighted by molar-refractivity contribution is 5.74. The molecule has 0 spiro atoms. The second-order valence-electron chi connectivity index (χ2n) is 8.29. The number of imidazole rings is 1. The normalized spacial score (nSPS) is 15.6. The van der Waals surface area contributed by atoms with Crippen LogP contribution in [0.5, 0.6) is 5.75 Å². The Morgan fingerprint density at radius 1 is 1.00 bits per heavy atom. The third kappa shape index (κ3) is 4.67. The lowest BCUT2D eigenvalue weighted by atomic mass is 10.1. The molecule has 10 heteroatoms. The van der Waals surface area contributed by atoms with Gasteiger partial charge in [0.2, 0.25) is 5.82 Å². The highest BCUT2D eigenvalue weighted by atomic mass is 19.4. The predicted octanol–water partition coefficient (Wildman–Crippen LogP) is 4.46. The van der Waals surface area contributed by atoms with E-state index in [9.17, 15) is 13.2 Å². The average molecular weight is 468 g/mol. The zero-order valence-electron chi connectivity index (χ0n) is 18.2. The van der Waals surface area contributed by atoms with Gasteiger partial charge in [-0.05, 0) is 60.9 Å². The summed E-state index contributed by atoms with van der Waals surface area (Å²) in [7, 11) is 0. The SMILES string of the molecule is Nc1ccc(CN2CCC(Oc3ccc(-n4c(C(F)(F)F)nc5cccnc54)cc3)CC2)cn1. The van der Waals surface area contributed by atoms with Crippen LogP contribution in [0.3, 0.4) is 0 Å². The van der Waals surface area contributed by atoms with Crippen LogP contribution in [0.25, 0.3) is 16.9 Å². The van der Waals surface area contributed by atoms with E-state index in [1.807, 2.05) is 6.07 Å². The van der Waals surface area contributed by atoms with Crippen LogP contribution in [0.1, 0.15) is 24.2 Å². The van der Waals surface area contributed by atoms with E-state index in [1.165, 1.54) is 12.3 Å². The number of nitrogens with zero attached hydrogens (tertiary/aromatic N) is 5. The molecule has 0 unspecified atom stereocenters. The van der Waals surface area contributed by atoms with Crippen LogP contribution >= 0.6 is 0 Å². The maximum absolute atomic E-state index is 13.6. The van der Waals surface area contributed by atoms with Gasteiger partial charge in [-0.3, -0.25) is 9.47 Å². The summed E-state index contributed by atoms with van der Waals surface area (Å²) >= 11 is 0. The molecule has 1 fully saturated rings. The molecular formula is C24H23F3N6O. The van der Waals surface area contributed by atoms with Crippen molar-refractivity contribution < 1.29 is 17.9 Å². The Morgan fingerprint density at radius 2 is 1.76 bits per heavy atom. The number of anilines is 1. The summed E-state index contributed by atoms with van der Waals surface area (Å²) in [4.78, 5) is 14.3. The first kappa shape index (κ1) is 22.1. The number of likely N-dealkylation sites (tertiary alicyclic amines) is 1. The zero-order chi connectivity index (χ0) is 23.7. The predicted molar refractivity (Wildman–Crippen MR) is 121 cm³/mol. The monoisotopic (exact) mass is 468 g/mol. The van der Waals surface area contributed by atoms with Crippen LogP contribution in [0.4, 0.5) is 19.0 Å². The number of aromatic nitrogens is 4. The van der Waals surface area contributed by atoms with Crippen LogP contribution in [0, 0.1) is 0 Å². The third-order valence-electron chi connectivity index (χ3n) is 5.86. The number of pyridine rings is 2. The first-order valence-electron chi connectivity index (χ1n) is 11.0. The van der Waals surface area contributed by atoms with Crippen LogP contribution in [0.15, 0.2) is 60.9 Å². The van der Waals surface area contributed by atoms with Gasteiger partial charge in [0.25, 0.3) is 0 Å². The van der Waals surface area contributed by atoms with Gasteiger partial charge in [-0.25, -0.2) is 15.0 Å². The molecule has 0 atom stereocenters. The van der Waals surface area contributed by atoms with Crippen LogP contribution in [0.2, 0.25) is 0 Å². The average Bonchev–Trinajstić information content (AvgIpc) is 3.23. The number of rotatable bonds is 5. The highest BCUT2D eigenvalue weighted by Crippen LogP contribution is 2.33. The summed E-state index contributed by atoms with van der Waals surface area (Å²) < 4.78 is 47.9. The van der Waals surface area contributed by atoms with Crippen molar-refractivity contribution in [1.82, 2.24) is 24.4 Å². The molecule has 1 aliphatic rings. The van der Waals surface area contributed by atoms with E-state index < -0.39 is 12.0 Å². The highest BCUT2D eigenvalue weighted by Gasteiger charge is 2.38. The molecule has 7 nitrogen and oxygen atoms in total. The molecule has 3 aromatic heterocycles. The van der Waals surface area contributed by atoms with Gasteiger partial charge < -0.3 is 10.5 Å². The van der Waals surface area contributed by atoms with Gasteiger partial charge in [0.15, 0.2) is 5.65 Å². The Bertz CT molecular complexity index is 1260. The largest absolute Gasteiger partial charge is 0.490 e. The summed E-state index contributed by atoms with van der Waals surface area (Å²) in [6.07, 6.45) is 0.410. The molecule has 1 aromatic carbocycles. The van der Waals surface area contributed by atoms with E-state index in [0.29, 0.717) is 17.3 Å². The first-order chi connectivity index (χ1) is 16.4. The summed E-state index contributed by atoms with van der Waals surface area (Å²) in [5.74, 6) is 0.128. The molecule has 2 N–H and O–H groups in total. The lowest BCUT2D eigenvalue weighted by Gasteiger charge is -2.32. The molecule has 176 valence electrons. The van der Waals surface area contributed by atoms with Crippen molar-refractivity contribution in [3.8, 4) is 11.4 Å². The smallest absolute Gasteiger partial charge is 0.450 e. The summed E-state index contributed by atoms with van der Waals surface area (Å²) in [6, 6.07) is 13.4. The Kier molecular flexibility index (Phi) is 5.82. The molecule has 34 heavy (non-hydrogen) atoms. The van der Waals surface area contributed by atoms with E-state index in [2.05, 4.69) is 19.9 Å². The van der Waals surface area contributed by atoms with E-state index >= 15 is 0 Å². The lowest BCUT2D eigenvalue weighted by Crippen LogP contribution is -2.37. The van der Waals surface area contributed by atoms with Crippen LogP contribution in [-0.2, 0) is 12.7 Å². The van der Waals surface area contributed by atoms with Gasteiger partial charge in [-0.15, -0.1) is 0 Å². The number of ether oxygens (including phenoxy) is 1. The van der Waals surface area contributed by atoms with Crippen molar-refractivity contribution >= 4 is 17.0 Å². The topological polar surface area (TPSA) is 82.1 Å². The molecule has 0 amide bonds. The Hall–Kier alpha value is -3.66. The Morgan fingerprint density at radius 3 is 2.44 bits per heavy atom. The van der Waals surface area contributed by atoms with E-state index in [0.717, 1.165) is 42.6 Å². The van der Waals surface area contributed by atoms with E-state index in [4.69, 9.17) is 10.5 Å². The van der Waals surface area contributed by atoms with Crippen molar-refractivity contribution in [3.63, 3.8) is 0 Å². The lowest BCUT2D eigenvalue weighted by molar-refractivity contribution is -0.145. The number of fused-ring (bicyclic) bond motifs is 1. The van der Waals surface area contributed by atoms with Crippen molar-refractivity contribution in [2.75, 3.05) is 18.8 Å². The number of alkyl halides is 3. The Balaban J connectivity index is 1.25. The number of nitrogen functional groups attached to an aromatic ring is 1. The van der Waals surface area contributed by atoms with Crippen molar-refractivity contribution in [1.29, 1.82) is 0 Å². The number of hydrogen-bond acceptors (Lipinski definition) is 6. The van der Waals surface area contributed by atoms with Gasteiger partial charge in [-0.1, -0.05) is 6.07 Å². The van der Waals surface area contributed by atoms with E-state index in [-0.39, 0.29) is 17.3 Å². The maximum atomic E-state index is 13.6. The molecular weight excluding hydrogens is 445 g/mol. The minimum absolute atomic E-state index is 0.0492. The standard InChI is InChI=1S/C24H23F3N6O/c25-24(26,27)23-31-20-2-1-11-29-22(20)33(23)17-4-6-18(7-5-17)34-19-9-12-32(13-10-19)15-16-3-8-21(28)30-14-16/h1-8,11,14,19H,9-10,12-13,15H2,(H2,28,30). The summed E-state index contributed by atoms with van der Waals surface area (Å²) in [5, 5.41) is 0. The molecule has 0 saturated carbocycles. The molecule has 4 aromatic rings. The van der Waals surface area contributed by atoms with Crippen molar-refractivity contribution in [3.05, 3.63) is 72.3 Å². The molecule has 0 radical (unpaired) electrons. The number of benzene rings is 1. The van der Waals surface area contributed by atoms with Crippen LogP contribution < -0.4 is 10.5 Å². The fourth-order valence-corrected chi connectivity index (χ4v) is 4.19. The Labute approximate surface area is 194 Å². The third-order valence-corrected chi connectivity index (χ3v) is 5.86. The van der Waals surface area contributed by atoms with Crippen molar-refractivity contribution in [2.45, 2.75) is 31.7 Å². The summed E-state index contributed by atoms with van der Waals surface area (Å²) in [5.41, 5.74) is 7.43. The molecule has 4 heterocycles. The van der Waals surface area contributed by atoms with Gasteiger partial charge >= 0.3 is 6.18 Å². The number of piperidine rings is 1. The molecule has 0 bridgehead atoms. The minimum Gasteiger partial charge on any atom is -0.490 e. The molecule has 1 saturated heterocycles. The van der Waals surface area contributed by atoms with Gasteiger partial charge in [0, 0.05) is 37.7 Å². The number of nitrogens with two attached hydrogens (primary N) is 1. The fourth-order valence-electron chi connectivity index (χ4n) is 4.19. The fraction of sp³-hybridized carbons (Fsp3) is 0.292. The second-order valence-corrected chi connectivity index (χ2v) is 8.29. The number of hydrogen-bond donors (Lipinski definition) is 1. The van der Waals surface area contributed by atoms with Gasteiger partial charge in [0.1, 0.15) is 23.2 Å². The van der Waals surface area contributed by atoms with E-state index in [1.54, 1.807) is 42.6 Å². The quantitative estimate of drug-likeness (QED) is 0.466. The van der Waals surface area contributed by atoms with Gasteiger partial charge in [-0.2, -0.15) is 13.2 Å². The summed E-state index contributed by atoms with van der Waals surface area (Å²) in [6.45, 7) is 2.58. The van der Waals surface area contributed by atoms with Crippen molar-refractivity contribution in [2.24, 2.45) is 0 Å². The zero-order valence-corrected chi connectivity index (χ0v) is 18.2. The first-order valence-corrected chi connectivity index (χ1v) is 11.0. The molecule has 0 aliphatic carbocycles. The second kappa shape index (κ2) is 8.94. The maximum Gasteiger partial charge on any atom is 0.450 e. The molecule has 5 rings (SSSR count). The van der Waals surface area contributed by atoms with Gasteiger partial charge in [0.05, 0.1) is 0 Å². The number of halogens is 3. The van der Waals surface area contributed by atoms with Crippen LogP contribution in [-0.4, -0.2) is 43.6 Å².